The smallest absolute Gasteiger partial charge is 0.303 e. The van der Waals surface area contributed by atoms with Crippen LogP contribution >= 0.6 is 11.6 Å². The van der Waals surface area contributed by atoms with Gasteiger partial charge in [0.15, 0.2) is 0 Å². The molecule has 12 heteroatoms. The average Bonchev–Trinajstić information content (AvgIpc) is 3.83. The Bertz CT molecular complexity index is 2310. The van der Waals surface area contributed by atoms with Gasteiger partial charge in [0, 0.05) is 72.2 Å². The minimum Gasteiger partial charge on any atom is -0.496 e. The minimum atomic E-state index is -0.725. The molecule has 1 aliphatic carbocycles. The van der Waals surface area contributed by atoms with Gasteiger partial charge in [0.2, 0.25) is 5.91 Å². The van der Waals surface area contributed by atoms with E-state index in [4.69, 9.17) is 26.2 Å². The molecular formula is C45H49ClN6O5. The molecule has 1 atom stereocenters. The Morgan fingerprint density at radius 2 is 1.72 bits per heavy atom. The van der Waals surface area contributed by atoms with Gasteiger partial charge in [0.05, 0.1) is 49.1 Å². The number of halogens is 1. The molecule has 1 aliphatic heterocycles. The number of hydrogen-bond acceptors (Lipinski definition) is 8. The first kappa shape index (κ1) is 39.8. The number of ether oxygens (including phenoxy) is 2. The second-order valence-electron chi connectivity index (χ2n) is 15.3. The molecule has 1 saturated heterocycles. The Morgan fingerprint density at radius 3 is 2.44 bits per heavy atom. The highest BCUT2D eigenvalue weighted by Crippen LogP contribution is 2.41. The standard InChI is InChI=1S/C45H49ClN6O5/c1-51(35-15-10-28(11-16-35)18-44(54)55)26-33-19-31(22-47)32(21-42(33)57-3)27-52-40-9-5-7-37(39(40)25-49-52)38-8-4-6-36(45(38)46)29-12-13-30(41(20-29)56-2)23-48-24-34-14-17-43(53)50-34/h4-9,12-13,19-21,25,28,34-35,48H,10-11,14-18,23-24,26-27H2,1-3H3,(H,50,53)(H,54,55)/t28-,34-,35-/m0/s1. The van der Waals surface area contributed by atoms with Gasteiger partial charge in [-0.15, -0.1) is 0 Å². The van der Waals surface area contributed by atoms with Gasteiger partial charge in [-0.3, -0.25) is 19.2 Å². The fraction of sp³-hybridized carbons (Fsp3) is 0.378. The number of nitrogens with one attached hydrogen (secondary N) is 2. The first-order valence-electron chi connectivity index (χ1n) is 19.6. The van der Waals surface area contributed by atoms with Gasteiger partial charge in [0.1, 0.15) is 11.5 Å². The topological polar surface area (TPSA) is 142 Å². The van der Waals surface area contributed by atoms with E-state index >= 15 is 0 Å². The summed E-state index contributed by atoms with van der Waals surface area (Å²) in [6.45, 7) is 2.31. The predicted molar refractivity (Wildman–Crippen MR) is 221 cm³/mol. The minimum absolute atomic E-state index is 0.108. The van der Waals surface area contributed by atoms with Crippen molar-refractivity contribution in [1.82, 2.24) is 25.3 Å². The van der Waals surface area contributed by atoms with Crippen LogP contribution in [-0.2, 0) is 29.2 Å². The number of hydrogen-bond donors (Lipinski definition) is 3. The Hall–Kier alpha value is -5.41. The number of carboxylic acid groups (broad SMARTS) is 1. The zero-order chi connectivity index (χ0) is 40.1. The van der Waals surface area contributed by atoms with E-state index in [9.17, 15) is 20.0 Å². The quantitative estimate of drug-likeness (QED) is 0.0970. The van der Waals surface area contributed by atoms with Gasteiger partial charge in [-0.2, -0.15) is 10.4 Å². The number of rotatable bonds is 15. The Morgan fingerprint density at radius 1 is 0.982 bits per heavy atom. The number of fused-ring (bicyclic) bond motifs is 1. The summed E-state index contributed by atoms with van der Waals surface area (Å²) in [6.07, 6.45) is 7.24. The summed E-state index contributed by atoms with van der Waals surface area (Å²) in [5, 5.41) is 32.3. The fourth-order valence-electron chi connectivity index (χ4n) is 8.51. The number of amides is 1. The highest BCUT2D eigenvalue weighted by molar-refractivity contribution is 6.36. The number of nitriles is 1. The largest absolute Gasteiger partial charge is 0.496 e. The maximum Gasteiger partial charge on any atom is 0.303 e. The van der Waals surface area contributed by atoms with E-state index in [1.165, 1.54) is 0 Å². The lowest BCUT2D eigenvalue weighted by molar-refractivity contribution is -0.138. The summed E-state index contributed by atoms with van der Waals surface area (Å²) in [6, 6.07) is 25.0. The van der Waals surface area contributed by atoms with Crippen LogP contribution in [0.15, 0.2) is 72.9 Å². The number of carbonyl (C=O) groups is 2. The molecule has 0 spiro atoms. The lowest BCUT2D eigenvalue weighted by Gasteiger charge is -2.34. The van der Waals surface area contributed by atoms with E-state index in [1.807, 2.05) is 59.4 Å². The van der Waals surface area contributed by atoms with Crippen molar-refractivity contribution in [2.75, 3.05) is 27.8 Å². The highest BCUT2D eigenvalue weighted by Gasteiger charge is 2.27. The van der Waals surface area contributed by atoms with Crippen LogP contribution in [0.2, 0.25) is 5.02 Å². The Kier molecular flexibility index (Phi) is 12.4. The van der Waals surface area contributed by atoms with Gasteiger partial charge in [-0.25, -0.2) is 0 Å². The highest BCUT2D eigenvalue weighted by atomic mass is 35.5. The van der Waals surface area contributed by atoms with E-state index in [-0.39, 0.29) is 24.3 Å². The molecule has 2 fully saturated rings. The molecular weight excluding hydrogens is 740 g/mol. The summed E-state index contributed by atoms with van der Waals surface area (Å²) < 4.78 is 13.6. The number of aliphatic carboxylic acids is 1. The van der Waals surface area contributed by atoms with Gasteiger partial charge < -0.3 is 25.2 Å². The summed E-state index contributed by atoms with van der Waals surface area (Å²) in [5.41, 5.74) is 7.89. The van der Waals surface area contributed by atoms with Gasteiger partial charge in [0.25, 0.3) is 0 Å². The van der Waals surface area contributed by atoms with Crippen molar-refractivity contribution in [2.24, 2.45) is 5.92 Å². The molecule has 1 amide bonds. The monoisotopic (exact) mass is 788 g/mol. The molecule has 2 aliphatic rings. The summed E-state index contributed by atoms with van der Waals surface area (Å²) >= 11 is 7.23. The number of carboxylic acids is 1. The maximum atomic E-state index is 11.6. The maximum absolute atomic E-state index is 11.6. The molecule has 296 valence electrons. The first-order valence-corrected chi connectivity index (χ1v) is 20.0. The van der Waals surface area contributed by atoms with Gasteiger partial charge >= 0.3 is 5.97 Å². The van der Waals surface area contributed by atoms with E-state index < -0.39 is 5.97 Å². The normalized spacial score (nSPS) is 18.1. The van der Waals surface area contributed by atoms with Crippen LogP contribution < -0.4 is 20.1 Å². The van der Waals surface area contributed by atoms with Gasteiger partial charge in [-0.1, -0.05) is 54.1 Å². The molecule has 3 N–H and O–H groups in total. The molecule has 7 rings (SSSR count). The third-order valence-corrected chi connectivity index (χ3v) is 12.0. The molecule has 4 aromatic carbocycles. The first-order chi connectivity index (χ1) is 27.6. The van der Waals surface area contributed by atoms with Crippen molar-refractivity contribution >= 4 is 34.4 Å². The van der Waals surface area contributed by atoms with Crippen LogP contribution in [0.25, 0.3) is 33.2 Å². The molecule has 57 heavy (non-hydrogen) atoms. The zero-order valence-corrected chi connectivity index (χ0v) is 33.4. The van der Waals surface area contributed by atoms with E-state index in [0.717, 1.165) is 93.5 Å². The average molecular weight is 789 g/mol. The number of aromatic nitrogens is 2. The fourth-order valence-corrected chi connectivity index (χ4v) is 8.84. The zero-order valence-electron chi connectivity index (χ0n) is 32.7. The third-order valence-electron chi connectivity index (χ3n) is 11.6. The molecule has 5 aromatic rings. The second-order valence-corrected chi connectivity index (χ2v) is 15.7. The SMILES string of the molecule is COc1cc(-c2cccc(-c3cccc4c3cnn4Cc3cc(OC)c(CN(C)[C@H]4CC[C@H](CC(=O)O)CC4)cc3C#N)c2Cl)ccc1CNC[C@@H]1CCC(=O)N1. The van der Waals surface area contributed by atoms with E-state index in [2.05, 4.69) is 46.8 Å². The Balaban J connectivity index is 1.09. The van der Waals surface area contributed by atoms with Crippen molar-refractivity contribution in [2.45, 2.75) is 76.7 Å². The van der Waals surface area contributed by atoms with E-state index in [1.54, 1.807) is 14.2 Å². The lowest BCUT2D eigenvalue weighted by Crippen LogP contribution is -2.35. The van der Waals surface area contributed by atoms with Crippen molar-refractivity contribution in [1.29, 1.82) is 5.26 Å². The predicted octanol–water partition coefficient (Wildman–Crippen LogP) is 7.79. The molecule has 0 radical (unpaired) electrons. The number of nitrogens with zero attached hydrogens (tertiary/aromatic N) is 4. The number of methoxy groups -OCH3 is 2. The van der Waals surface area contributed by atoms with Crippen molar-refractivity contribution in [3.63, 3.8) is 0 Å². The van der Waals surface area contributed by atoms with Crippen molar-refractivity contribution in [3.05, 3.63) is 100 Å². The van der Waals surface area contributed by atoms with Crippen LogP contribution in [0.1, 0.15) is 67.2 Å². The molecule has 1 saturated carbocycles. The van der Waals surface area contributed by atoms with Crippen LogP contribution in [0.3, 0.4) is 0 Å². The lowest BCUT2D eigenvalue weighted by atomic mass is 9.83. The summed E-state index contributed by atoms with van der Waals surface area (Å²) in [7, 11) is 5.41. The number of benzene rings is 4. The third kappa shape index (κ3) is 8.94. The Labute approximate surface area is 338 Å². The van der Waals surface area contributed by atoms with Crippen molar-refractivity contribution < 1.29 is 24.2 Å². The molecule has 1 aromatic heterocycles. The summed E-state index contributed by atoms with van der Waals surface area (Å²) in [4.78, 5) is 25.1. The molecule has 0 bridgehead atoms. The van der Waals surface area contributed by atoms with Crippen LogP contribution in [0.4, 0.5) is 0 Å². The van der Waals surface area contributed by atoms with Crippen LogP contribution in [0, 0.1) is 17.2 Å². The van der Waals surface area contributed by atoms with E-state index in [0.29, 0.717) is 49.2 Å². The van der Waals surface area contributed by atoms with Gasteiger partial charge in [-0.05, 0) is 86.0 Å². The molecule has 2 heterocycles. The second kappa shape index (κ2) is 17.8. The number of carbonyl (C=O) groups excluding carboxylic acids is 1. The van der Waals surface area contributed by atoms with Crippen LogP contribution in [-0.4, -0.2) is 71.6 Å². The molecule has 0 unspecified atom stereocenters. The van der Waals surface area contributed by atoms with Crippen LogP contribution in [0.5, 0.6) is 11.5 Å². The molecule has 11 nitrogen and oxygen atoms in total. The summed E-state index contributed by atoms with van der Waals surface area (Å²) in [5.74, 6) is 1.10. The van der Waals surface area contributed by atoms with Crippen molar-refractivity contribution in [3.8, 4) is 39.8 Å².